The third-order valence-electron chi connectivity index (χ3n) is 3.20. The van der Waals surface area contributed by atoms with Crippen LogP contribution in [0.3, 0.4) is 0 Å². The highest BCUT2D eigenvalue weighted by Gasteiger charge is 2.21. The Kier molecular flexibility index (Phi) is 6.78. The van der Waals surface area contributed by atoms with E-state index in [9.17, 15) is 19.1 Å². The van der Waals surface area contributed by atoms with Crippen molar-refractivity contribution in [2.24, 2.45) is 11.7 Å². The number of carboxylic acid groups (broad SMARTS) is 2. The first kappa shape index (κ1) is 17.9. The number of benzene rings is 1. The number of hydrogen-bond acceptors (Lipinski definition) is 4. The maximum Gasteiger partial charge on any atom is 0.320 e. The zero-order chi connectivity index (χ0) is 16.7. The van der Waals surface area contributed by atoms with E-state index in [1.807, 2.05) is 0 Å². The highest BCUT2D eigenvalue weighted by Crippen LogP contribution is 2.19. The summed E-state index contributed by atoms with van der Waals surface area (Å²) in [5.41, 5.74) is 6.13. The second-order valence-corrected chi connectivity index (χ2v) is 5.07. The van der Waals surface area contributed by atoms with Crippen molar-refractivity contribution in [3.05, 3.63) is 29.8 Å². The Morgan fingerprint density at radius 3 is 2.23 bits per heavy atom. The number of aliphatic carboxylic acids is 2. The highest BCUT2D eigenvalue weighted by atomic mass is 19.1. The van der Waals surface area contributed by atoms with E-state index in [2.05, 4.69) is 0 Å². The Morgan fingerprint density at radius 2 is 1.77 bits per heavy atom. The van der Waals surface area contributed by atoms with Crippen molar-refractivity contribution in [3.63, 3.8) is 0 Å². The summed E-state index contributed by atoms with van der Waals surface area (Å²) >= 11 is 0. The molecule has 0 spiro atoms. The van der Waals surface area contributed by atoms with E-state index in [4.69, 9.17) is 15.6 Å². The van der Waals surface area contributed by atoms with Crippen LogP contribution in [-0.2, 0) is 16.0 Å². The van der Waals surface area contributed by atoms with Crippen molar-refractivity contribution in [1.29, 1.82) is 0 Å². The van der Waals surface area contributed by atoms with Crippen molar-refractivity contribution >= 4 is 11.9 Å². The van der Waals surface area contributed by atoms with E-state index in [0.29, 0.717) is 5.75 Å². The normalized spacial score (nSPS) is 14.9. The van der Waals surface area contributed by atoms with E-state index in [1.165, 1.54) is 6.92 Å². The molecule has 1 unspecified atom stereocenters. The average Bonchev–Trinajstić information content (AvgIpc) is 2.43. The van der Waals surface area contributed by atoms with Crippen LogP contribution in [0.2, 0.25) is 0 Å². The number of nitrogens with two attached hydrogens (primary N) is 1. The van der Waals surface area contributed by atoms with Gasteiger partial charge in [0.15, 0.2) is 0 Å². The molecule has 4 N–H and O–H groups in total. The fraction of sp³-hybridized carbons (Fsp3) is 0.467. The maximum atomic E-state index is 12.7. The van der Waals surface area contributed by atoms with Crippen LogP contribution >= 0.6 is 0 Å². The minimum Gasteiger partial charge on any atom is -0.481 e. The van der Waals surface area contributed by atoms with E-state index in [-0.39, 0.29) is 19.3 Å². The van der Waals surface area contributed by atoms with Gasteiger partial charge in [-0.25, -0.2) is 4.39 Å². The topological polar surface area (TPSA) is 110 Å². The Labute approximate surface area is 127 Å². The minimum atomic E-state index is -1.42. The molecule has 0 amide bonds. The van der Waals surface area contributed by atoms with E-state index < -0.39 is 30.3 Å². The zero-order valence-electron chi connectivity index (χ0n) is 12.2. The van der Waals surface area contributed by atoms with Crippen LogP contribution in [0, 0.1) is 5.92 Å². The van der Waals surface area contributed by atoms with Gasteiger partial charge < -0.3 is 20.7 Å². The number of carboxylic acids is 2. The lowest BCUT2D eigenvalue weighted by molar-refractivity contribution is -0.143. The third kappa shape index (κ3) is 6.09. The number of halogens is 1. The van der Waals surface area contributed by atoms with Gasteiger partial charge in [0, 0.05) is 6.92 Å². The lowest BCUT2D eigenvalue weighted by Crippen LogP contribution is -2.31. The van der Waals surface area contributed by atoms with Crippen molar-refractivity contribution in [2.75, 3.05) is 0 Å². The molecule has 0 fully saturated rings. The Hall–Kier alpha value is -2.15. The molecule has 7 heteroatoms. The van der Waals surface area contributed by atoms with Gasteiger partial charge in [-0.05, 0) is 37.0 Å². The SMILES string of the molecule is CC(F)Oc1ccc(C[C@@H](CC[C@H](N)C(=O)O)C(=O)O)cc1. The van der Waals surface area contributed by atoms with Crippen LogP contribution in [-0.4, -0.2) is 34.6 Å². The molecule has 0 aromatic heterocycles. The number of alkyl halides is 1. The molecule has 0 aliphatic rings. The van der Waals surface area contributed by atoms with Gasteiger partial charge in [-0.1, -0.05) is 12.1 Å². The zero-order valence-corrected chi connectivity index (χ0v) is 12.2. The minimum absolute atomic E-state index is 0.0901. The first-order valence-electron chi connectivity index (χ1n) is 6.90. The predicted molar refractivity (Wildman–Crippen MR) is 77.3 cm³/mol. The molecule has 0 saturated carbocycles. The fourth-order valence-electron chi connectivity index (χ4n) is 1.99. The van der Waals surface area contributed by atoms with E-state index >= 15 is 0 Å². The van der Waals surface area contributed by atoms with Crippen LogP contribution in [0.4, 0.5) is 4.39 Å². The van der Waals surface area contributed by atoms with E-state index in [1.54, 1.807) is 24.3 Å². The fourth-order valence-corrected chi connectivity index (χ4v) is 1.99. The van der Waals surface area contributed by atoms with Crippen LogP contribution in [0.25, 0.3) is 0 Å². The van der Waals surface area contributed by atoms with Crippen molar-refractivity contribution in [1.82, 2.24) is 0 Å². The summed E-state index contributed by atoms with van der Waals surface area (Å²) in [6.45, 7) is 1.26. The summed E-state index contributed by atoms with van der Waals surface area (Å²) in [7, 11) is 0. The van der Waals surface area contributed by atoms with Crippen LogP contribution in [0.1, 0.15) is 25.3 Å². The van der Waals surface area contributed by atoms with Crippen LogP contribution in [0.5, 0.6) is 5.75 Å². The number of carbonyl (C=O) groups is 2. The number of rotatable bonds is 9. The summed E-state index contributed by atoms with van der Waals surface area (Å²) in [4.78, 5) is 21.9. The Balaban J connectivity index is 2.63. The molecule has 1 aromatic rings. The van der Waals surface area contributed by atoms with Crippen molar-refractivity contribution < 1.29 is 28.9 Å². The van der Waals surface area contributed by atoms with Crippen LogP contribution < -0.4 is 10.5 Å². The summed E-state index contributed by atoms with van der Waals surface area (Å²) in [5, 5.41) is 17.9. The van der Waals surface area contributed by atoms with Crippen LogP contribution in [0.15, 0.2) is 24.3 Å². The van der Waals surface area contributed by atoms with Crippen molar-refractivity contribution in [2.45, 2.75) is 38.6 Å². The molecular weight excluding hydrogens is 293 g/mol. The first-order chi connectivity index (χ1) is 10.3. The van der Waals surface area contributed by atoms with Crippen molar-refractivity contribution in [3.8, 4) is 5.75 Å². The van der Waals surface area contributed by atoms with E-state index in [0.717, 1.165) is 5.56 Å². The Morgan fingerprint density at radius 1 is 1.18 bits per heavy atom. The van der Waals surface area contributed by atoms with Gasteiger partial charge in [0.05, 0.1) is 5.92 Å². The lowest BCUT2D eigenvalue weighted by Gasteiger charge is -2.14. The molecule has 6 nitrogen and oxygen atoms in total. The molecule has 1 rings (SSSR count). The molecule has 1 aromatic carbocycles. The first-order valence-corrected chi connectivity index (χ1v) is 6.90. The van der Waals surface area contributed by atoms with Gasteiger partial charge in [0.25, 0.3) is 0 Å². The predicted octanol–water partition coefficient (Wildman–Crippen LogP) is 1.82. The monoisotopic (exact) mass is 313 g/mol. The molecule has 22 heavy (non-hydrogen) atoms. The van der Waals surface area contributed by atoms with Gasteiger partial charge in [0.2, 0.25) is 6.36 Å². The maximum absolute atomic E-state index is 12.7. The second kappa shape index (κ2) is 8.33. The average molecular weight is 313 g/mol. The molecule has 0 radical (unpaired) electrons. The third-order valence-corrected chi connectivity index (χ3v) is 3.20. The van der Waals surface area contributed by atoms with Gasteiger partial charge in [-0.3, -0.25) is 9.59 Å². The molecule has 0 heterocycles. The molecule has 3 atom stereocenters. The molecular formula is C15H20FNO5. The van der Waals surface area contributed by atoms with Gasteiger partial charge in [0.1, 0.15) is 11.8 Å². The second-order valence-electron chi connectivity index (χ2n) is 5.07. The quantitative estimate of drug-likeness (QED) is 0.641. The van der Waals surface area contributed by atoms with Gasteiger partial charge >= 0.3 is 11.9 Å². The highest BCUT2D eigenvalue weighted by molar-refractivity contribution is 5.73. The molecule has 0 aliphatic carbocycles. The van der Waals surface area contributed by atoms with Gasteiger partial charge in [-0.15, -0.1) is 0 Å². The number of ether oxygens (including phenoxy) is 1. The molecule has 122 valence electrons. The summed E-state index contributed by atoms with van der Waals surface area (Å²) < 4.78 is 17.5. The molecule has 0 bridgehead atoms. The Bertz CT molecular complexity index is 503. The summed E-state index contributed by atoms with van der Waals surface area (Å²) in [6, 6.07) is 5.37. The standard InChI is InChI=1S/C15H20FNO5/c1-9(16)22-12-5-2-10(3-6-12)8-11(14(18)19)4-7-13(17)15(20)21/h2-3,5-6,9,11,13H,4,7-8,17H2,1H3,(H,18,19)(H,20,21)/t9?,11-,13+/m1/s1. The summed E-state index contributed by atoms with van der Waals surface area (Å²) in [5.74, 6) is -2.52. The summed E-state index contributed by atoms with van der Waals surface area (Å²) in [6.07, 6.45) is -0.919. The molecule has 0 aliphatic heterocycles. The largest absolute Gasteiger partial charge is 0.481 e. The van der Waals surface area contributed by atoms with Gasteiger partial charge in [-0.2, -0.15) is 0 Å². The molecule has 0 saturated heterocycles. The smallest absolute Gasteiger partial charge is 0.320 e. The number of hydrogen-bond donors (Lipinski definition) is 3. The lowest BCUT2D eigenvalue weighted by atomic mass is 9.93.